The molecule has 0 saturated carbocycles. The minimum absolute atomic E-state index is 0.587. The Morgan fingerprint density at radius 3 is 2.77 bits per heavy atom. The van der Waals surface area contributed by atoms with Crippen LogP contribution in [-0.4, -0.2) is 10.7 Å². The lowest BCUT2D eigenvalue weighted by Gasteiger charge is -2.01. The summed E-state index contributed by atoms with van der Waals surface area (Å²) >= 11 is 0. The van der Waals surface area contributed by atoms with Gasteiger partial charge in [0, 0.05) is 6.20 Å². The van der Waals surface area contributed by atoms with Crippen molar-refractivity contribution in [3.8, 4) is 0 Å². The van der Waals surface area contributed by atoms with E-state index >= 15 is 0 Å². The lowest BCUT2D eigenvalue weighted by atomic mass is 10.1. The van der Waals surface area contributed by atoms with Crippen LogP contribution >= 0.6 is 0 Å². The number of allylic oxidation sites excluding steroid dienone is 1. The molecule has 0 saturated heterocycles. The van der Waals surface area contributed by atoms with Crippen molar-refractivity contribution in [3.05, 3.63) is 42.2 Å². The average Bonchev–Trinajstić information content (AvgIpc) is 2.15. The van der Waals surface area contributed by atoms with Crippen LogP contribution in [0.2, 0.25) is 0 Å². The highest BCUT2D eigenvalue weighted by Gasteiger charge is 2.00. The van der Waals surface area contributed by atoms with E-state index in [2.05, 4.69) is 11.6 Å². The molecule has 0 aromatic carbocycles. The number of nitrogens with one attached hydrogen (secondary N) is 1. The quantitative estimate of drug-likeness (QED) is 0.553. The molecule has 0 aliphatic carbocycles. The van der Waals surface area contributed by atoms with Gasteiger partial charge in [-0.2, -0.15) is 0 Å². The highest BCUT2D eigenvalue weighted by molar-refractivity contribution is 5.96. The summed E-state index contributed by atoms with van der Waals surface area (Å²) < 4.78 is 0. The van der Waals surface area contributed by atoms with Crippen molar-refractivity contribution in [1.82, 2.24) is 4.98 Å². The number of hydrogen-bond donors (Lipinski definition) is 1. The molecule has 1 heterocycles. The Morgan fingerprint density at radius 1 is 1.46 bits per heavy atom. The van der Waals surface area contributed by atoms with Gasteiger partial charge in [0.1, 0.15) is 0 Å². The van der Waals surface area contributed by atoms with Crippen LogP contribution in [0.1, 0.15) is 25.5 Å². The van der Waals surface area contributed by atoms with Crippen molar-refractivity contribution in [3.63, 3.8) is 0 Å². The molecule has 1 aromatic heterocycles. The predicted octanol–water partition coefficient (Wildman–Crippen LogP) is 2.81. The molecule has 0 atom stereocenters. The molecule has 0 fully saturated rings. The molecule has 13 heavy (non-hydrogen) atoms. The first-order chi connectivity index (χ1) is 6.20. The molecule has 2 nitrogen and oxygen atoms in total. The van der Waals surface area contributed by atoms with Crippen molar-refractivity contribution in [2.24, 2.45) is 0 Å². The first-order valence-electron chi connectivity index (χ1n) is 4.33. The maximum Gasteiger partial charge on any atom is 0.0837 e. The normalized spacial score (nSPS) is 9.62. The molecule has 0 radical (unpaired) electrons. The number of aromatic nitrogens is 1. The van der Waals surface area contributed by atoms with Gasteiger partial charge >= 0.3 is 0 Å². The topological polar surface area (TPSA) is 36.7 Å². The van der Waals surface area contributed by atoms with Gasteiger partial charge in [0.15, 0.2) is 0 Å². The zero-order valence-electron chi connectivity index (χ0n) is 7.88. The Hall–Kier alpha value is -1.44. The summed E-state index contributed by atoms with van der Waals surface area (Å²) in [5.41, 5.74) is 2.47. The average molecular weight is 174 g/mol. The molecular formula is C11H14N2. The lowest BCUT2D eigenvalue weighted by molar-refractivity contribution is 1.00. The molecule has 0 spiro atoms. The minimum atomic E-state index is 0.587. The number of hydrogen-bond acceptors (Lipinski definition) is 2. The van der Waals surface area contributed by atoms with Gasteiger partial charge in [-0.3, -0.25) is 4.98 Å². The Kier molecular flexibility index (Phi) is 3.38. The second-order valence-corrected chi connectivity index (χ2v) is 3.15. The van der Waals surface area contributed by atoms with Crippen LogP contribution in [0.15, 0.2) is 36.5 Å². The first-order valence-corrected chi connectivity index (χ1v) is 4.33. The standard InChI is InChI=1S/C11H14N2/c1-9(2)6-7-10(12)11-5-3-4-8-13-11/h3-5,8,12H,1,6-7H2,2H3. The largest absolute Gasteiger partial charge is 0.303 e. The molecule has 68 valence electrons. The summed E-state index contributed by atoms with van der Waals surface area (Å²) in [5, 5.41) is 7.72. The number of rotatable bonds is 4. The Labute approximate surface area is 78.8 Å². The monoisotopic (exact) mass is 174 g/mol. The highest BCUT2D eigenvalue weighted by atomic mass is 14.7. The molecule has 1 rings (SSSR count). The van der Waals surface area contributed by atoms with Gasteiger partial charge in [-0.1, -0.05) is 11.6 Å². The Bertz CT molecular complexity index is 301. The molecule has 1 aromatic rings. The molecule has 2 heteroatoms. The second kappa shape index (κ2) is 4.55. The fourth-order valence-corrected chi connectivity index (χ4v) is 1.01. The predicted molar refractivity (Wildman–Crippen MR) is 55.1 cm³/mol. The van der Waals surface area contributed by atoms with Crippen LogP contribution in [0, 0.1) is 5.41 Å². The summed E-state index contributed by atoms with van der Waals surface area (Å²) in [6.45, 7) is 5.78. The van der Waals surface area contributed by atoms with E-state index in [1.54, 1.807) is 6.20 Å². The van der Waals surface area contributed by atoms with Crippen LogP contribution in [0.3, 0.4) is 0 Å². The summed E-state index contributed by atoms with van der Waals surface area (Å²) in [6.07, 6.45) is 3.31. The van der Waals surface area contributed by atoms with Gasteiger partial charge in [0.05, 0.1) is 11.4 Å². The van der Waals surface area contributed by atoms with Gasteiger partial charge in [0.2, 0.25) is 0 Å². The van der Waals surface area contributed by atoms with E-state index in [0.717, 1.165) is 24.1 Å². The van der Waals surface area contributed by atoms with Crippen molar-refractivity contribution in [2.75, 3.05) is 0 Å². The van der Waals surface area contributed by atoms with E-state index in [-0.39, 0.29) is 0 Å². The summed E-state index contributed by atoms with van der Waals surface area (Å²) in [6, 6.07) is 5.62. The zero-order valence-corrected chi connectivity index (χ0v) is 7.88. The molecule has 0 bridgehead atoms. The molecule has 1 N–H and O–H groups in total. The Balaban J connectivity index is 2.54. The first kappa shape index (κ1) is 9.65. The highest BCUT2D eigenvalue weighted by Crippen LogP contribution is 2.05. The van der Waals surface area contributed by atoms with Crippen LogP contribution in [0.25, 0.3) is 0 Å². The smallest absolute Gasteiger partial charge is 0.0837 e. The third kappa shape index (κ3) is 3.20. The van der Waals surface area contributed by atoms with Gasteiger partial charge in [0.25, 0.3) is 0 Å². The van der Waals surface area contributed by atoms with Crippen LogP contribution in [0.5, 0.6) is 0 Å². The lowest BCUT2D eigenvalue weighted by Crippen LogP contribution is -2.01. The third-order valence-corrected chi connectivity index (χ3v) is 1.78. The molecule has 0 aliphatic heterocycles. The SMILES string of the molecule is C=C(C)CCC(=N)c1ccccn1. The van der Waals surface area contributed by atoms with Crippen LogP contribution in [0.4, 0.5) is 0 Å². The molecule has 0 unspecified atom stereocenters. The maximum absolute atomic E-state index is 7.72. The zero-order chi connectivity index (χ0) is 9.68. The van der Waals surface area contributed by atoms with Gasteiger partial charge in [-0.25, -0.2) is 0 Å². The minimum Gasteiger partial charge on any atom is -0.303 e. The van der Waals surface area contributed by atoms with Crippen LogP contribution in [-0.2, 0) is 0 Å². The van der Waals surface area contributed by atoms with Gasteiger partial charge < -0.3 is 5.41 Å². The number of pyridine rings is 1. The fourth-order valence-electron chi connectivity index (χ4n) is 1.01. The van der Waals surface area contributed by atoms with E-state index in [4.69, 9.17) is 5.41 Å². The van der Waals surface area contributed by atoms with E-state index in [1.165, 1.54) is 0 Å². The van der Waals surface area contributed by atoms with E-state index in [1.807, 2.05) is 25.1 Å². The Morgan fingerprint density at radius 2 is 2.23 bits per heavy atom. The molecule has 0 aliphatic rings. The fraction of sp³-hybridized carbons (Fsp3) is 0.273. The summed E-state index contributed by atoms with van der Waals surface area (Å²) in [5.74, 6) is 0. The molecule has 0 amide bonds. The van der Waals surface area contributed by atoms with Crippen molar-refractivity contribution in [2.45, 2.75) is 19.8 Å². The van der Waals surface area contributed by atoms with Gasteiger partial charge in [-0.05, 0) is 31.9 Å². The maximum atomic E-state index is 7.72. The summed E-state index contributed by atoms with van der Waals surface area (Å²) in [7, 11) is 0. The van der Waals surface area contributed by atoms with Crippen molar-refractivity contribution < 1.29 is 0 Å². The van der Waals surface area contributed by atoms with Crippen molar-refractivity contribution >= 4 is 5.71 Å². The van der Waals surface area contributed by atoms with Crippen molar-refractivity contribution in [1.29, 1.82) is 5.41 Å². The van der Waals surface area contributed by atoms with Gasteiger partial charge in [-0.15, -0.1) is 6.58 Å². The second-order valence-electron chi connectivity index (χ2n) is 3.15. The van der Waals surface area contributed by atoms with Crippen LogP contribution < -0.4 is 0 Å². The van der Waals surface area contributed by atoms with E-state index < -0.39 is 0 Å². The number of nitrogens with zero attached hydrogens (tertiary/aromatic N) is 1. The third-order valence-electron chi connectivity index (χ3n) is 1.78. The summed E-state index contributed by atoms with van der Waals surface area (Å²) in [4.78, 5) is 4.10. The van der Waals surface area contributed by atoms with E-state index in [0.29, 0.717) is 5.71 Å². The molecular weight excluding hydrogens is 160 g/mol. The van der Waals surface area contributed by atoms with E-state index in [9.17, 15) is 0 Å².